The van der Waals surface area contributed by atoms with Crippen molar-refractivity contribution in [2.45, 2.75) is 44.2 Å². The minimum atomic E-state index is -0.636. The first-order valence-electron chi connectivity index (χ1n) is 8.49. The predicted octanol–water partition coefficient (Wildman–Crippen LogP) is 2.72. The molecule has 27 heavy (non-hydrogen) atoms. The highest BCUT2D eigenvalue weighted by Crippen LogP contribution is 2.41. The number of amides is 2. The van der Waals surface area contributed by atoms with Crippen LogP contribution in [0.25, 0.3) is 0 Å². The molecule has 0 radical (unpaired) electrons. The number of hydrogen-bond donors (Lipinski definition) is 1. The quantitative estimate of drug-likeness (QED) is 0.280. The summed E-state index contributed by atoms with van der Waals surface area (Å²) in [6.45, 7) is 5.40. The Morgan fingerprint density at radius 2 is 2.15 bits per heavy atom. The number of fused-ring (bicyclic) bond motifs is 1. The minimum Gasteiger partial charge on any atom is -0.455 e. The number of carbonyl (C=O) groups excluding carboxylic acids is 3. The maximum atomic E-state index is 12.7. The van der Waals surface area contributed by atoms with Gasteiger partial charge >= 0.3 is 5.97 Å². The lowest BCUT2D eigenvalue weighted by Gasteiger charge is -2.50. The standard InChI is InChI=1S/C18H21IN2O4S2/c1-18(2,3)25-17(24)14-10(8-19)9-27-16-13(15(23)21(14)16)20-12(22)7-11-5-4-6-26-11/h4-6,13,16H,7-9H2,1-3H3,(H,20,22)/t13-,16?/m0/s1. The summed E-state index contributed by atoms with van der Waals surface area (Å²) < 4.78 is 6.15. The summed E-state index contributed by atoms with van der Waals surface area (Å²) in [5, 5.41) is 4.47. The van der Waals surface area contributed by atoms with Crippen molar-refractivity contribution in [1.82, 2.24) is 10.2 Å². The Hall–Kier alpha value is -1.07. The molecular weight excluding hydrogens is 499 g/mol. The van der Waals surface area contributed by atoms with Crippen LogP contribution in [-0.2, 0) is 25.5 Å². The van der Waals surface area contributed by atoms with Gasteiger partial charge in [0.1, 0.15) is 22.7 Å². The molecule has 1 aromatic heterocycles. The Morgan fingerprint density at radius 1 is 1.41 bits per heavy atom. The molecular formula is C18H21IN2O4S2. The van der Waals surface area contributed by atoms with E-state index in [1.54, 1.807) is 32.5 Å². The van der Waals surface area contributed by atoms with E-state index in [9.17, 15) is 14.4 Å². The summed E-state index contributed by atoms with van der Waals surface area (Å²) >= 11 is 5.27. The number of nitrogens with zero attached hydrogens (tertiary/aromatic N) is 1. The van der Waals surface area contributed by atoms with Crippen LogP contribution in [0.1, 0.15) is 25.6 Å². The molecule has 2 amide bonds. The summed E-state index contributed by atoms with van der Waals surface area (Å²) in [5.41, 5.74) is 0.600. The maximum absolute atomic E-state index is 12.7. The van der Waals surface area contributed by atoms with Gasteiger partial charge in [-0.1, -0.05) is 28.7 Å². The first-order valence-corrected chi connectivity index (χ1v) is 11.9. The molecule has 6 nitrogen and oxygen atoms in total. The molecule has 1 N–H and O–H groups in total. The lowest BCUT2D eigenvalue weighted by Crippen LogP contribution is -2.70. The highest BCUT2D eigenvalue weighted by atomic mass is 127. The second-order valence-corrected chi connectivity index (χ2v) is 10.2. The van der Waals surface area contributed by atoms with Crippen LogP contribution < -0.4 is 5.32 Å². The van der Waals surface area contributed by atoms with E-state index >= 15 is 0 Å². The van der Waals surface area contributed by atoms with Gasteiger partial charge in [-0.2, -0.15) is 0 Å². The molecule has 0 saturated carbocycles. The Bertz CT molecular complexity index is 786. The largest absolute Gasteiger partial charge is 0.455 e. The van der Waals surface area contributed by atoms with Crippen molar-refractivity contribution < 1.29 is 19.1 Å². The van der Waals surface area contributed by atoms with Gasteiger partial charge in [0.25, 0.3) is 5.91 Å². The fourth-order valence-corrected chi connectivity index (χ4v) is 5.94. The van der Waals surface area contributed by atoms with Crippen molar-refractivity contribution >= 4 is 63.5 Å². The highest BCUT2D eigenvalue weighted by Gasteiger charge is 2.54. The van der Waals surface area contributed by atoms with Crippen LogP contribution in [0.15, 0.2) is 28.8 Å². The van der Waals surface area contributed by atoms with Crippen LogP contribution in [0, 0.1) is 0 Å². The van der Waals surface area contributed by atoms with E-state index in [0.29, 0.717) is 15.9 Å². The summed E-state index contributed by atoms with van der Waals surface area (Å²) in [6, 6.07) is 3.18. The van der Waals surface area contributed by atoms with Gasteiger partial charge < -0.3 is 10.1 Å². The van der Waals surface area contributed by atoms with Crippen LogP contribution in [0.2, 0.25) is 0 Å². The van der Waals surface area contributed by atoms with E-state index in [4.69, 9.17) is 4.74 Å². The van der Waals surface area contributed by atoms with Gasteiger partial charge in [-0.05, 0) is 37.8 Å². The molecule has 146 valence electrons. The number of halogens is 1. The van der Waals surface area contributed by atoms with Crippen molar-refractivity contribution in [3.63, 3.8) is 0 Å². The van der Waals surface area contributed by atoms with Crippen LogP contribution in [0.3, 0.4) is 0 Å². The third kappa shape index (κ3) is 4.51. The smallest absolute Gasteiger partial charge is 0.355 e. The van der Waals surface area contributed by atoms with Gasteiger partial charge in [0.2, 0.25) is 5.91 Å². The third-order valence-corrected chi connectivity index (χ3v) is 7.17. The molecule has 0 aliphatic carbocycles. The molecule has 2 aliphatic heterocycles. The molecule has 2 atom stereocenters. The van der Waals surface area contributed by atoms with Gasteiger partial charge in [0.05, 0.1) is 6.42 Å². The first kappa shape index (κ1) is 20.7. The number of nitrogens with one attached hydrogen (secondary N) is 1. The molecule has 2 aliphatic rings. The third-order valence-electron chi connectivity index (χ3n) is 4.03. The van der Waals surface area contributed by atoms with Gasteiger partial charge in [-0.25, -0.2) is 4.79 Å². The average Bonchev–Trinajstić information content (AvgIpc) is 3.09. The Morgan fingerprint density at radius 3 is 2.74 bits per heavy atom. The molecule has 3 rings (SSSR count). The zero-order chi connectivity index (χ0) is 19.8. The molecule has 1 aromatic rings. The molecule has 3 heterocycles. The molecule has 1 unspecified atom stereocenters. The molecule has 0 spiro atoms. The van der Waals surface area contributed by atoms with Crippen molar-refractivity contribution in [1.29, 1.82) is 0 Å². The minimum absolute atomic E-state index is 0.182. The van der Waals surface area contributed by atoms with Gasteiger partial charge in [-0.3, -0.25) is 14.5 Å². The Kier molecular flexibility index (Phi) is 6.21. The lowest BCUT2D eigenvalue weighted by atomic mass is 10.0. The second kappa shape index (κ2) is 8.12. The number of alkyl halides is 1. The van der Waals surface area contributed by atoms with Crippen molar-refractivity contribution in [2.24, 2.45) is 0 Å². The number of thioether (sulfide) groups is 1. The monoisotopic (exact) mass is 520 g/mol. The summed E-state index contributed by atoms with van der Waals surface area (Å²) in [4.78, 5) is 40.1. The Balaban J connectivity index is 1.72. The first-order chi connectivity index (χ1) is 12.7. The fourth-order valence-electron chi connectivity index (χ4n) is 2.90. The van der Waals surface area contributed by atoms with Crippen LogP contribution in [0.5, 0.6) is 0 Å². The topological polar surface area (TPSA) is 75.7 Å². The van der Waals surface area contributed by atoms with E-state index in [-0.39, 0.29) is 23.6 Å². The summed E-state index contributed by atoms with van der Waals surface area (Å²) in [6.07, 6.45) is 0.257. The van der Waals surface area contributed by atoms with Crippen molar-refractivity contribution in [3.8, 4) is 0 Å². The summed E-state index contributed by atoms with van der Waals surface area (Å²) in [5.74, 6) is -0.270. The molecule has 1 fully saturated rings. The number of hydrogen-bond acceptors (Lipinski definition) is 6. The van der Waals surface area contributed by atoms with E-state index in [0.717, 1.165) is 10.5 Å². The average molecular weight is 520 g/mol. The molecule has 9 heteroatoms. The van der Waals surface area contributed by atoms with Gasteiger partial charge in [0, 0.05) is 15.1 Å². The van der Waals surface area contributed by atoms with Crippen molar-refractivity contribution in [3.05, 3.63) is 33.7 Å². The number of rotatable bonds is 5. The second-order valence-electron chi connectivity index (χ2n) is 7.30. The molecule has 0 aromatic carbocycles. The number of ether oxygens (including phenoxy) is 1. The van der Waals surface area contributed by atoms with Crippen LogP contribution in [-0.4, -0.2) is 49.9 Å². The Labute approximate surface area is 180 Å². The zero-order valence-corrected chi connectivity index (χ0v) is 19.1. The van der Waals surface area contributed by atoms with Crippen molar-refractivity contribution in [2.75, 3.05) is 10.2 Å². The van der Waals surface area contributed by atoms with Crippen LogP contribution in [0.4, 0.5) is 0 Å². The summed E-state index contributed by atoms with van der Waals surface area (Å²) in [7, 11) is 0. The highest BCUT2D eigenvalue weighted by molar-refractivity contribution is 14.1. The van der Waals surface area contributed by atoms with Gasteiger partial charge in [0.15, 0.2) is 0 Å². The normalized spacial score (nSPS) is 22.2. The lowest BCUT2D eigenvalue weighted by molar-refractivity contribution is -0.159. The fraction of sp³-hybridized carbons (Fsp3) is 0.500. The van der Waals surface area contributed by atoms with E-state index < -0.39 is 17.6 Å². The van der Waals surface area contributed by atoms with E-state index in [1.807, 2.05) is 17.5 Å². The molecule has 1 saturated heterocycles. The number of esters is 1. The molecule has 0 bridgehead atoms. The number of thiophene rings is 1. The SMILES string of the molecule is CC(C)(C)OC(=O)C1=C(CI)CSC2[C@@H](NC(=O)Cc3cccs3)C(=O)N12. The van der Waals surface area contributed by atoms with E-state index in [2.05, 4.69) is 27.9 Å². The predicted molar refractivity (Wildman–Crippen MR) is 115 cm³/mol. The zero-order valence-electron chi connectivity index (χ0n) is 15.3. The number of β-lactam (4-membered cyclic amide) rings is 1. The number of carbonyl (C=O) groups is 3. The maximum Gasteiger partial charge on any atom is 0.355 e. The van der Waals surface area contributed by atoms with E-state index in [1.165, 1.54) is 16.2 Å². The van der Waals surface area contributed by atoms with Gasteiger partial charge in [-0.15, -0.1) is 23.1 Å². The van der Waals surface area contributed by atoms with Crippen LogP contribution >= 0.6 is 45.7 Å².